The summed E-state index contributed by atoms with van der Waals surface area (Å²) in [6.07, 6.45) is 3.21. The monoisotopic (exact) mass is 329 g/mol. The molecular formula is C15H21BrFNO. The van der Waals surface area contributed by atoms with E-state index in [4.69, 9.17) is 0 Å². The van der Waals surface area contributed by atoms with Gasteiger partial charge in [-0.1, -0.05) is 19.8 Å². The first-order valence-electron chi connectivity index (χ1n) is 6.73. The molecular weight excluding hydrogens is 309 g/mol. The van der Waals surface area contributed by atoms with Crippen molar-refractivity contribution in [3.63, 3.8) is 0 Å². The lowest BCUT2D eigenvalue weighted by Crippen LogP contribution is -2.37. The fourth-order valence-electron chi connectivity index (χ4n) is 1.92. The molecule has 1 rings (SSSR count). The Bertz CT molecular complexity index is 434. The lowest BCUT2D eigenvalue weighted by atomic mass is 10.1. The minimum atomic E-state index is -0.400. The van der Waals surface area contributed by atoms with E-state index in [1.54, 1.807) is 17.0 Å². The molecule has 0 heterocycles. The van der Waals surface area contributed by atoms with Crippen LogP contribution < -0.4 is 0 Å². The van der Waals surface area contributed by atoms with E-state index >= 15 is 0 Å². The van der Waals surface area contributed by atoms with Crippen molar-refractivity contribution in [2.75, 3.05) is 6.54 Å². The molecule has 0 bridgehead atoms. The Hall–Kier alpha value is -0.900. The van der Waals surface area contributed by atoms with Crippen LogP contribution in [-0.4, -0.2) is 23.4 Å². The second-order valence-electron chi connectivity index (χ2n) is 4.93. The highest BCUT2D eigenvalue weighted by molar-refractivity contribution is 9.10. The molecule has 0 spiro atoms. The summed E-state index contributed by atoms with van der Waals surface area (Å²) in [4.78, 5) is 14.2. The zero-order valence-corrected chi connectivity index (χ0v) is 13.3. The predicted octanol–water partition coefficient (Wildman–Crippen LogP) is 4.63. The molecule has 106 valence electrons. The van der Waals surface area contributed by atoms with E-state index in [1.165, 1.54) is 6.07 Å². The number of nitrogens with zero attached hydrogens (tertiary/aromatic N) is 1. The Balaban J connectivity index is 2.83. The van der Waals surface area contributed by atoms with Crippen molar-refractivity contribution in [2.45, 2.75) is 46.1 Å². The van der Waals surface area contributed by atoms with Crippen molar-refractivity contribution < 1.29 is 9.18 Å². The van der Waals surface area contributed by atoms with Crippen molar-refractivity contribution in [1.29, 1.82) is 0 Å². The zero-order chi connectivity index (χ0) is 14.4. The number of amides is 1. The van der Waals surface area contributed by atoms with Gasteiger partial charge in [-0.25, -0.2) is 4.39 Å². The van der Waals surface area contributed by atoms with Crippen LogP contribution in [0.25, 0.3) is 0 Å². The number of unbranched alkanes of at least 4 members (excludes halogenated alkanes) is 2. The molecule has 0 radical (unpaired) electrons. The molecule has 1 aromatic carbocycles. The smallest absolute Gasteiger partial charge is 0.254 e. The minimum absolute atomic E-state index is 0.0995. The number of carbonyl (C=O) groups is 1. The molecule has 2 nitrogen and oxygen atoms in total. The van der Waals surface area contributed by atoms with Gasteiger partial charge in [0.25, 0.3) is 5.91 Å². The average Bonchev–Trinajstić information content (AvgIpc) is 2.37. The Morgan fingerprint density at radius 1 is 1.37 bits per heavy atom. The van der Waals surface area contributed by atoms with Gasteiger partial charge in [0.15, 0.2) is 0 Å². The van der Waals surface area contributed by atoms with E-state index in [2.05, 4.69) is 22.9 Å². The van der Waals surface area contributed by atoms with Crippen LogP contribution in [0, 0.1) is 5.82 Å². The maximum absolute atomic E-state index is 13.5. The van der Waals surface area contributed by atoms with Gasteiger partial charge in [0.2, 0.25) is 0 Å². The van der Waals surface area contributed by atoms with Gasteiger partial charge in [-0.15, -0.1) is 0 Å². The van der Waals surface area contributed by atoms with Crippen LogP contribution >= 0.6 is 15.9 Å². The fourth-order valence-corrected chi connectivity index (χ4v) is 2.17. The highest BCUT2D eigenvalue weighted by atomic mass is 79.9. The summed E-state index contributed by atoms with van der Waals surface area (Å²) in [5, 5.41) is 0. The molecule has 0 atom stereocenters. The van der Waals surface area contributed by atoms with Crippen LogP contribution in [0.15, 0.2) is 22.7 Å². The van der Waals surface area contributed by atoms with Crippen molar-refractivity contribution in [2.24, 2.45) is 0 Å². The van der Waals surface area contributed by atoms with Crippen molar-refractivity contribution >= 4 is 21.8 Å². The van der Waals surface area contributed by atoms with Gasteiger partial charge in [0, 0.05) is 18.2 Å². The van der Waals surface area contributed by atoms with Gasteiger partial charge in [-0.05, 0) is 54.4 Å². The second kappa shape index (κ2) is 7.63. The Labute approximate surface area is 123 Å². The van der Waals surface area contributed by atoms with E-state index in [9.17, 15) is 9.18 Å². The van der Waals surface area contributed by atoms with E-state index < -0.39 is 5.82 Å². The van der Waals surface area contributed by atoms with E-state index in [0.29, 0.717) is 10.0 Å². The molecule has 0 fully saturated rings. The van der Waals surface area contributed by atoms with Crippen LogP contribution in [0.3, 0.4) is 0 Å². The number of halogens is 2. The number of benzene rings is 1. The van der Waals surface area contributed by atoms with Crippen molar-refractivity contribution in [1.82, 2.24) is 4.90 Å². The van der Waals surface area contributed by atoms with E-state index in [-0.39, 0.29) is 11.9 Å². The normalized spacial score (nSPS) is 10.8. The summed E-state index contributed by atoms with van der Waals surface area (Å²) in [5.74, 6) is -0.499. The summed E-state index contributed by atoms with van der Waals surface area (Å²) < 4.78 is 13.9. The highest BCUT2D eigenvalue weighted by Gasteiger charge is 2.19. The van der Waals surface area contributed by atoms with Crippen molar-refractivity contribution in [3.05, 3.63) is 34.1 Å². The fraction of sp³-hybridized carbons (Fsp3) is 0.533. The quantitative estimate of drug-likeness (QED) is 0.697. The van der Waals surface area contributed by atoms with E-state index in [0.717, 1.165) is 25.8 Å². The Morgan fingerprint density at radius 3 is 2.58 bits per heavy atom. The highest BCUT2D eigenvalue weighted by Crippen LogP contribution is 2.18. The third-order valence-corrected chi connectivity index (χ3v) is 3.70. The van der Waals surface area contributed by atoms with Gasteiger partial charge < -0.3 is 4.90 Å². The molecule has 0 aliphatic heterocycles. The maximum atomic E-state index is 13.5. The largest absolute Gasteiger partial charge is 0.336 e. The van der Waals surface area contributed by atoms with Gasteiger partial charge in [-0.3, -0.25) is 4.79 Å². The minimum Gasteiger partial charge on any atom is -0.336 e. The van der Waals surface area contributed by atoms with E-state index in [1.807, 2.05) is 13.8 Å². The molecule has 1 aromatic rings. The molecule has 0 aliphatic carbocycles. The maximum Gasteiger partial charge on any atom is 0.254 e. The van der Waals surface area contributed by atoms with Gasteiger partial charge in [0.05, 0.1) is 4.47 Å². The number of hydrogen-bond acceptors (Lipinski definition) is 1. The van der Waals surface area contributed by atoms with Gasteiger partial charge in [0.1, 0.15) is 5.82 Å². The van der Waals surface area contributed by atoms with Crippen LogP contribution in [0.2, 0.25) is 0 Å². The first-order valence-corrected chi connectivity index (χ1v) is 7.52. The zero-order valence-electron chi connectivity index (χ0n) is 11.7. The van der Waals surface area contributed by atoms with Crippen LogP contribution in [-0.2, 0) is 0 Å². The molecule has 4 heteroatoms. The summed E-state index contributed by atoms with van der Waals surface area (Å²) in [7, 11) is 0. The number of hydrogen-bond donors (Lipinski definition) is 0. The third-order valence-electron chi connectivity index (χ3n) is 3.05. The van der Waals surface area contributed by atoms with Gasteiger partial charge in [-0.2, -0.15) is 0 Å². The molecule has 0 aliphatic rings. The summed E-state index contributed by atoms with van der Waals surface area (Å²) in [6, 6.07) is 4.65. The number of carbonyl (C=O) groups excluding carboxylic acids is 1. The van der Waals surface area contributed by atoms with Gasteiger partial charge >= 0.3 is 0 Å². The molecule has 0 aromatic heterocycles. The topological polar surface area (TPSA) is 20.3 Å². The molecule has 0 N–H and O–H groups in total. The molecule has 0 unspecified atom stereocenters. The predicted molar refractivity (Wildman–Crippen MR) is 79.8 cm³/mol. The Kier molecular flexibility index (Phi) is 6.49. The Morgan fingerprint density at radius 2 is 2.05 bits per heavy atom. The molecule has 0 saturated carbocycles. The SMILES string of the molecule is CCCCCN(C(=O)c1ccc(Br)c(F)c1)C(C)C. The standard InChI is InChI=1S/C15H21BrFNO/c1-4-5-6-9-18(11(2)3)15(19)12-7-8-13(16)14(17)10-12/h7-8,10-11H,4-6,9H2,1-3H3. The summed E-state index contributed by atoms with van der Waals surface area (Å²) in [5.41, 5.74) is 0.408. The van der Waals surface area contributed by atoms with Crippen LogP contribution in [0.1, 0.15) is 50.4 Å². The first kappa shape index (κ1) is 16.2. The number of rotatable bonds is 6. The summed E-state index contributed by atoms with van der Waals surface area (Å²) in [6.45, 7) is 6.83. The average molecular weight is 330 g/mol. The summed E-state index contributed by atoms with van der Waals surface area (Å²) >= 11 is 3.10. The molecule has 19 heavy (non-hydrogen) atoms. The second-order valence-corrected chi connectivity index (χ2v) is 5.78. The molecule has 1 amide bonds. The van der Waals surface area contributed by atoms with Crippen LogP contribution in [0.5, 0.6) is 0 Å². The first-order chi connectivity index (χ1) is 8.97. The molecule has 0 saturated heterocycles. The lowest BCUT2D eigenvalue weighted by molar-refractivity contribution is 0.0701. The van der Waals surface area contributed by atoms with Crippen LogP contribution in [0.4, 0.5) is 4.39 Å². The third kappa shape index (κ3) is 4.60. The van der Waals surface area contributed by atoms with Crippen molar-refractivity contribution in [3.8, 4) is 0 Å². The lowest BCUT2D eigenvalue weighted by Gasteiger charge is -2.27.